The maximum atomic E-state index is 6.19. The van der Waals surface area contributed by atoms with Gasteiger partial charge in [-0.2, -0.15) is 0 Å². The van der Waals surface area contributed by atoms with Crippen molar-refractivity contribution >= 4 is 0 Å². The van der Waals surface area contributed by atoms with Crippen molar-refractivity contribution in [2.75, 3.05) is 19.8 Å². The van der Waals surface area contributed by atoms with Crippen LogP contribution >= 0.6 is 0 Å². The highest BCUT2D eigenvalue weighted by molar-refractivity contribution is 5.54. The van der Waals surface area contributed by atoms with E-state index in [0.717, 1.165) is 62.8 Å². The molecule has 0 amide bonds. The summed E-state index contributed by atoms with van der Waals surface area (Å²) in [5.41, 5.74) is 1.29. The maximum absolute atomic E-state index is 6.19. The molecule has 28 heavy (non-hydrogen) atoms. The molecule has 0 saturated heterocycles. The van der Waals surface area contributed by atoms with Gasteiger partial charge in [0, 0.05) is 0 Å². The first kappa shape index (κ1) is 24.7. The highest BCUT2D eigenvalue weighted by Crippen LogP contribution is 2.40. The third-order valence-corrected chi connectivity index (χ3v) is 4.90. The van der Waals surface area contributed by atoms with Crippen LogP contribution in [0.25, 0.3) is 0 Å². The van der Waals surface area contributed by atoms with E-state index in [9.17, 15) is 0 Å². The van der Waals surface area contributed by atoms with Crippen LogP contribution in [-0.4, -0.2) is 19.8 Å². The largest absolute Gasteiger partial charge is 0.490 e. The Hall–Kier alpha value is -1.38. The molecule has 0 saturated carbocycles. The predicted octanol–water partition coefficient (Wildman–Crippen LogP) is 7.74. The molecule has 3 nitrogen and oxygen atoms in total. The van der Waals surface area contributed by atoms with Gasteiger partial charge in [-0.05, 0) is 49.8 Å². The Kier molecular flexibility index (Phi) is 14.6. The fraction of sp³-hybridized carbons (Fsp3) is 0.760. The van der Waals surface area contributed by atoms with Gasteiger partial charge in [-0.1, -0.05) is 72.6 Å². The normalized spacial score (nSPS) is 10.9. The van der Waals surface area contributed by atoms with Crippen molar-refractivity contribution in [3.63, 3.8) is 0 Å². The Labute approximate surface area is 174 Å². The average molecular weight is 393 g/mol. The monoisotopic (exact) mass is 392 g/mol. The van der Waals surface area contributed by atoms with Crippen LogP contribution < -0.4 is 14.2 Å². The summed E-state index contributed by atoms with van der Waals surface area (Å²) in [6.45, 7) is 11.1. The van der Waals surface area contributed by atoms with Crippen LogP contribution in [0.1, 0.15) is 104 Å². The molecule has 0 aliphatic rings. The minimum absolute atomic E-state index is 0.721. The first-order chi connectivity index (χ1) is 13.8. The number of benzene rings is 1. The van der Waals surface area contributed by atoms with E-state index < -0.39 is 0 Å². The molecule has 0 heterocycles. The summed E-state index contributed by atoms with van der Waals surface area (Å²) >= 11 is 0. The number of hydrogen-bond acceptors (Lipinski definition) is 3. The van der Waals surface area contributed by atoms with Gasteiger partial charge in [-0.3, -0.25) is 0 Å². The van der Waals surface area contributed by atoms with Crippen molar-refractivity contribution in [1.29, 1.82) is 0 Å². The number of aryl methyl sites for hydroxylation is 1. The van der Waals surface area contributed by atoms with Crippen molar-refractivity contribution in [2.24, 2.45) is 0 Å². The van der Waals surface area contributed by atoms with Crippen LogP contribution in [-0.2, 0) is 6.42 Å². The first-order valence-electron chi connectivity index (χ1n) is 11.8. The Morgan fingerprint density at radius 2 is 0.964 bits per heavy atom. The zero-order valence-corrected chi connectivity index (χ0v) is 19.0. The number of rotatable bonds is 18. The lowest BCUT2D eigenvalue weighted by molar-refractivity contribution is 0.235. The quantitative estimate of drug-likeness (QED) is 0.239. The lowest BCUT2D eigenvalue weighted by Gasteiger charge is -2.19. The molecule has 3 heteroatoms. The second-order valence-electron chi connectivity index (χ2n) is 7.69. The molecule has 1 rings (SSSR count). The van der Waals surface area contributed by atoms with E-state index in [2.05, 4.69) is 39.8 Å². The molecule has 0 fully saturated rings. The van der Waals surface area contributed by atoms with Crippen LogP contribution in [0, 0.1) is 0 Å². The lowest BCUT2D eigenvalue weighted by atomic mass is 10.1. The third-order valence-electron chi connectivity index (χ3n) is 4.90. The van der Waals surface area contributed by atoms with Gasteiger partial charge in [-0.15, -0.1) is 0 Å². The number of hydrogen-bond donors (Lipinski definition) is 0. The van der Waals surface area contributed by atoms with Crippen molar-refractivity contribution < 1.29 is 14.2 Å². The second-order valence-corrected chi connectivity index (χ2v) is 7.69. The molecule has 0 radical (unpaired) electrons. The smallest absolute Gasteiger partial charge is 0.203 e. The standard InChI is InChI=1S/C25H44O3/c1-5-9-13-17-26-23-20-22(16-12-8-4)21-24(27-18-14-10-6-2)25(23)28-19-15-11-7-3/h20-21H,5-19H2,1-4H3. The van der Waals surface area contributed by atoms with Gasteiger partial charge in [-0.25, -0.2) is 0 Å². The van der Waals surface area contributed by atoms with Gasteiger partial charge in [0.1, 0.15) is 0 Å². The van der Waals surface area contributed by atoms with E-state index in [1.54, 1.807) is 0 Å². The molecule has 0 N–H and O–H groups in total. The van der Waals surface area contributed by atoms with E-state index in [-0.39, 0.29) is 0 Å². The van der Waals surface area contributed by atoms with E-state index in [1.165, 1.54) is 56.9 Å². The zero-order valence-electron chi connectivity index (χ0n) is 19.0. The molecule has 0 bridgehead atoms. The fourth-order valence-electron chi connectivity index (χ4n) is 3.11. The van der Waals surface area contributed by atoms with E-state index in [1.807, 2.05) is 0 Å². The molecular formula is C25H44O3. The minimum Gasteiger partial charge on any atom is -0.490 e. The van der Waals surface area contributed by atoms with Gasteiger partial charge >= 0.3 is 0 Å². The van der Waals surface area contributed by atoms with E-state index in [4.69, 9.17) is 14.2 Å². The molecule has 0 atom stereocenters. The summed E-state index contributed by atoms with van der Waals surface area (Å²) in [4.78, 5) is 0. The fourth-order valence-corrected chi connectivity index (χ4v) is 3.11. The van der Waals surface area contributed by atoms with Crippen molar-refractivity contribution in [2.45, 2.75) is 105 Å². The minimum atomic E-state index is 0.721. The van der Waals surface area contributed by atoms with Gasteiger partial charge in [0.05, 0.1) is 19.8 Å². The van der Waals surface area contributed by atoms with Crippen LogP contribution in [0.15, 0.2) is 12.1 Å². The number of ether oxygens (including phenoxy) is 3. The molecule has 0 aliphatic carbocycles. The van der Waals surface area contributed by atoms with Crippen molar-refractivity contribution in [1.82, 2.24) is 0 Å². The zero-order chi connectivity index (χ0) is 20.5. The van der Waals surface area contributed by atoms with E-state index >= 15 is 0 Å². The van der Waals surface area contributed by atoms with Crippen molar-refractivity contribution in [3.05, 3.63) is 17.7 Å². The van der Waals surface area contributed by atoms with E-state index in [0.29, 0.717) is 0 Å². The van der Waals surface area contributed by atoms with Crippen LogP contribution in [0.3, 0.4) is 0 Å². The van der Waals surface area contributed by atoms with Gasteiger partial charge in [0.25, 0.3) is 0 Å². The molecular weight excluding hydrogens is 348 g/mol. The van der Waals surface area contributed by atoms with Gasteiger partial charge in [0.15, 0.2) is 11.5 Å². The number of unbranched alkanes of at least 4 members (excludes halogenated alkanes) is 7. The summed E-state index contributed by atoms with van der Waals surface area (Å²) in [7, 11) is 0. The third kappa shape index (κ3) is 10.2. The molecule has 0 unspecified atom stereocenters. The summed E-state index contributed by atoms with van der Waals surface area (Å²) < 4.78 is 18.6. The lowest BCUT2D eigenvalue weighted by Crippen LogP contribution is -2.07. The molecule has 1 aromatic carbocycles. The summed E-state index contributed by atoms with van der Waals surface area (Å²) in [6.07, 6.45) is 13.8. The molecule has 162 valence electrons. The first-order valence-corrected chi connectivity index (χ1v) is 11.8. The van der Waals surface area contributed by atoms with Crippen LogP contribution in [0.2, 0.25) is 0 Å². The Bertz CT molecular complexity index is 466. The maximum Gasteiger partial charge on any atom is 0.203 e. The summed E-state index contributed by atoms with van der Waals surface area (Å²) in [5, 5.41) is 0. The average Bonchev–Trinajstić information content (AvgIpc) is 2.71. The Morgan fingerprint density at radius 3 is 1.39 bits per heavy atom. The predicted molar refractivity (Wildman–Crippen MR) is 120 cm³/mol. The molecule has 0 aromatic heterocycles. The summed E-state index contributed by atoms with van der Waals surface area (Å²) in [6, 6.07) is 4.35. The topological polar surface area (TPSA) is 27.7 Å². The summed E-state index contributed by atoms with van der Waals surface area (Å²) in [5.74, 6) is 2.54. The van der Waals surface area contributed by atoms with Crippen LogP contribution in [0.5, 0.6) is 17.2 Å². The highest BCUT2D eigenvalue weighted by atomic mass is 16.5. The van der Waals surface area contributed by atoms with Gasteiger partial charge in [0.2, 0.25) is 5.75 Å². The molecule has 0 spiro atoms. The highest BCUT2D eigenvalue weighted by Gasteiger charge is 2.16. The van der Waals surface area contributed by atoms with Gasteiger partial charge < -0.3 is 14.2 Å². The Morgan fingerprint density at radius 1 is 0.536 bits per heavy atom. The Balaban J connectivity index is 2.96. The molecule has 0 aliphatic heterocycles. The molecule has 1 aromatic rings. The second kappa shape index (κ2) is 16.6. The van der Waals surface area contributed by atoms with Crippen LogP contribution in [0.4, 0.5) is 0 Å². The van der Waals surface area contributed by atoms with Crippen molar-refractivity contribution in [3.8, 4) is 17.2 Å². The SMILES string of the molecule is CCCCCOc1cc(CCCC)cc(OCCCCC)c1OCCCCC.